The molecule has 88 valence electrons. The normalized spacial score (nSPS) is 21.9. The molecule has 2 heterocycles. The zero-order valence-corrected chi connectivity index (χ0v) is 11.0. The van der Waals surface area contributed by atoms with E-state index in [0.29, 0.717) is 17.1 Å². The highest BCUT2D eigenvalue weighted by Crippen LogP contribution is 2.33. The number of nitrogens with zero attached hydrogens (tertiary/aromatic N) is 3. The minimum atomic E-state index is 0.277. The Hall–Kier alpha value is -0.380. The highest BCUT2D eigenvalue weighted by atomic mass is 35.5. The van der Waals surface area contributed by atoms with E-state index in [-0.39, 0.29) is 5.15 Å². The number of likely N-dealkylation sites (tertiary alicyclic amines) is 1. The Kier molecular flexibility index (Phi) is 3.67. The second-order valence-electron chi connectivity index (χ2n) is 4.40. The fraction of sp³-hybridized carbons (Fsp3) is 0.636. The van der Waals surface area contributed by atoms with Crippen molar-refractivity contribution in [1.82, 2.24) is 15.1 Å². The lowest BCUT2D eigenvalue weighted by atomic mass is 10.1. The first-order chi connectivity index (χ1) is 7.59. The van der Waals surface area contributed by atoms with Gasteiger partial charge in [-0.2, -0.15) is 5.10 Å². The summed E-state index contributed by atoms with van der Waals surface area (Å²) in [6.07, 6.45) is 2.32. The van der Waals surface area contributed by atoms with Crippen LogP contribution in [0.15, 0.2) is 6.07 Å². The van der Waals surface area contributed by atoms with Gasteiger partial charge in [0.2, 0.25) is 0 Å². The molecule has 1 fully saturated rings. The van der Waals surface area contributed by atoms with Gasteiger partial charge in [-0.1, -0.05) is 23.2 Å². The average molecular weight is 260 g/mol. The van der Waals surface area contributed by atoms with Crippen molar-refractivity contribution in [3.8, 4) is 0 Å². The third-order valence-corrected chi connectivity index (χ3v) is 3.69. The molecule has 1 aliphatic heterocycles. The number of rotatable bonds is 2. The molecule has 1 aromatic heterocycles. The second kappa shape index (κ2) is 4.86. The molecule has 1 saturated heterocycles. The van der Waals surface area contributed by atoms with Gasteiger partial charge in [0, 0.05) is 6.04 Å². The molecule has 0 saturated carbocycles. The number of halogens is 2. The molecule has 3 nitrogen and oxygen atoms in total. The molecule has 1 atom stereocenters. The fourth-order valence-electron chi connectivity index (χ4n) is 2.26. The monoisotopic (exact) mass is 259 g/mol. The molecule has 16 heavy (non-hydrogen) atoms. The van der Waals surface area contributed by atoms with Crippen molar-refractivity contribution in [1.29, 1.82) is 0 Å². The Morgan fingerprint density at radius 1 is 1.38 bits per heavy atom. The molecule has 2 rings (SSSR count). The number of aromatic nitrogens is 2. The van der Waals surface area contributed by atoms with Crippen LogP contribution < -0.4 is 0 Å². The smallest absolute Gasteiger partial charge is 0.170 e. The molecule has 0 aromatic carbocycles. The molecule has 0 N–H and O–H groups in total. The van der Waals surface area contributed by atoms with Crippen molar-refractivity contribution in [2.24, 2.45) is 0 Å². The van der Waals surface area contributed by atoms with Crippen LogP contribution in [-0.2, 0) is 0 Å². The standard InChI is InChI=1S/C11H15Cl2N3/c1-7(2)16-5-3-4-10(16)9-6-8(12)11(13)15-14-9/h6-7,10H,3-5H2,1-2H3. The van der Waals surface area contributed by atoms with Gasteiger partial charge in [0.05, 0.1) is 16.8 Å². The van der Waals surface area contributed by atoms with Gasteiger partial charge in [0.15, 0.2) is 5.15 Å². The molecule has 0 amide bonds. The maximum atomic E-state index is 5.97. The molecule has 0 bridgehead atoms. The highest BCUT2D eigenvalue weighted by molar-refractivity contribution is 6.41. The Bertz CT molecular complexity index is 381. The van der Waals surface area contributed by atoms with E-state index in [4.69, 9.17) is 23.2 Å². The number of hydrogen-bond donors (Lipinski definition) is 0. The van der Waals surface area contributed by atoms with Crippen molar-refractivity contribution >= 4 is 23.2 Å². The lowest BCUT2D eigenvalue weighted by Crippen LogP contribution is -2.30. The summed E-state index contributed by atoms with van der Waals surface area (Å²) in [6, 6.07) is 2.69. The van der Waals surface area contributed by atoms with Crippen molar-refractivity contribution in [3.05, 3.63) is 21.9 Å². The van der Waals surface area contributed by atoms with E-state index in [0.717, 1.165) is 18.7 Å². The maximum Gasteiger partial charge on any atom is 0.170 e. The predicted octanol–water partition coefficient (Wildman–Crippen LogP) is 3.33. The fourth-order valence-corrected chi connectivity index (χ4v) is 2.50. The zero-order chi connectivity index (χ0) is 11.7. The Morgan fingerprint density at radius 3 is 2.75 bits per heavy atom. The SMILES string of the molecule is CC(C)N1CCCC1c1cc(Cl)c(Cl)nn1. The molecule has 0 spiro atoms. The van der Waals surface area contributed by atoms with Gasteiger partial charge in [-0.3, -0.25) is 4.90 Å². The summed E-state index contributed by atoms with van der Waals surface area (Å²) in [6.45, 7) is 5.51. The summed E-state index contributed by atoms with van der Waals surface area (Å²) in [5.41, 5.74) is 0.931. The first-order valence-electron chi connectivity index (χ1n) is 5.54. The van der Waals surface area contributed by atoms with Crippen LogP contribution in [0, 0.1) is 0 Å². The maximum absolute atomic E-state index is 5.97. The summed E-state index contributed by atoms with van der Waals surface area (Å²) >= 11 is 11.7. The van der Waals surface area contributed by atoms with Gasteiger partial charge >= 0.3 is 0 Å². The van der Waals surface area contributed by atoms with Crippen LogP contribution in [0.1, 0.15) is 38.4 Å². The summed E-state index contributed by atoms with van der Waals surface area (Å²) in [7, 11) is 0. The van der Waals surface area contributed by atoms with Gasteiger partial charge < -0.3 is 0 Å². The lowest BCUT2D eigenvalue weighted by molar-refractivity contribution is 0.201. The van der Waals surface area contributed by atoms with Crippen molar-refractivity contribution in [3.63, 3.8) is 0 Å². The van der Waals surface area contributed by atoms with E-state index in [2.05, 4.69) is 28.9 Å². The van der Waals surface area contributed by atoms with E-state index < -0.39 is 0 Å². The number of hydrogen-bond acceptors (Lipinski definition) is 3. The molecule has 1 aliphatic rings. The van der Waals surface area contributed by atoms with Gasteiger partial charge in [-0.25, -0.2) is 0 Å². The lowest BCUT2D eigenvalue weighted by Gasteiger charge is -2.27. The van der Waals surface area contributed by atoms with Crippen LogP contribution in [0.25, 0.3) is 0 Å². The molecule has 1 unspecified atom stereocenters. The first kappa shape index (κ1) is 12.1. The summed E-state index contributed by atoms with van der Waals surface area (Å²) < 4.78 is 0. The quantitative estimate of drug-likeness (QED) is 0.816. The van der Waals surface area contributed by atoms with E-state index in [1.165, 1.54) is 6.42 Å². The van der Waals surface area contributed by atoms with E-state index in [1.54, 1.807) is 0 Å². The molecule has 5 heteroatoms. The van der Waals surface area contributed by atoms with Gasteiger partial charge in [-0.15, -0.1) is 5.10 Å². The van der Waals surface area contributed by atoms with Gasteiger partial charge in [0.25, 0.3) is 0 Å². The van der Waals surface area contributed by atoms with Crippen LogP contribution in [0.2, 0.25) is 10.2 Å². The van der Waals surface area contributed by atoms with Crippen LogP contribution in [-0.4, -0.2) is 27.7 Å². The van der Waals surface area contributed by atoms with Gasteiger partial charge in [-0.05, 0) is 39.3 Å². The van der Waals surface area contributed by atoms with Crippen molar-refractivity contribution in [2.45, 2.75) is 38.8 Å². The van der Waals surface area contributed by atoms with Crippen molar-refractivity contribution < 1.29 is 0 Å². The zero-order valence-electron chi connectivity index (χ0n) is 9.45. The topological polar surface area (TPSA) is 29.0 Å². The van der Waals surface area contributed by atoms with E-state index in [1.807, 2.05) is 6.07 Å². The van der Waals surface area contributed by atoms with Crippen molar-refractivity contribution in [2.75, 3.05) is 6.54 Å². The third kappa shape index (κ3) is 2.31. The molecular formula is C11H15Cl2N3. The second-order valence-corrected chi connectivity index (χ2v) is 5.16. The third-order valence-electron chi connectivity index (χ3n) is 3.02. The highest BCUT2D eigenvalue weighted by Gasteiger charge is 2.29. The molecule has 0 aliphatic carbocycles. The van der Waals surface area contributed by atoms with Crippen LogP contribution >= 0.6 is 23.2 Å². The van der Waals surface area contributed by atoms with Crippen LogP contribution in [0.4, 0.5) is 0 Å². The van der Waals surface area contributed by atoms with Gasteiger partial charge in [0.1, 0.15) is 0 Å². The summed E-state index contributed by atoms with van der Waals surface area (Å²) in [4.78, 5) is 2.42. The minimum Gasteiger partial charge on any atom is -0.292 e. The molecule has 1 aromatic rings. The first-order valence-corrected chi connectivity index (χ1v) is 6.29. The predicted molar refractivity (Wildman–Crippen MR) is 65.9 cm³/mol. The van der Waals surface area contributed by atoms with Crippen LogP contribution in [0.5, 0.6) is 0 Å². The average Bonchev–Trinajstić information content (AvgIpc) is 2.71. The minimum absolute atomic E-state index is 0.277. The van der Waals surface area contributed by atoms with E-state index in [9.17, 15) is 0 Å². The molecular weight excluding hydrogens is 245 g/mol. The summed E-state index contributed by atoms with van der Waals surface area (Å²) in [5, 5.41) is 8.79. The Labute approximate surface area is 106 Å². The Balaban J connectivity index is 2.26. The largest absolute Gasteiger partial charge is 0.292 e. The summed E-state index contributed by atoms with van der Waals surface area (Å²) in [5.74, 6) is 0. The van der Waals surface area contributed by atoms with Crippen LogP contribution in [0.3, 0.4) is 0 Å². The van der Waals surface area contributed by atoms with E-state index >= 15 is 0 Å². The Morgan fingerprint density at radius 2 is 2.12 bits per heavy atom. The molecule has 0 radical (unpaired) electrons.